The number of furan rings is 3. The monoisotopic (exact) mass is 570 g/mol. The summed E-state index contributed by atoms with van der Waals surface area (Å²) in [5.41, 5.74) is 10.9. The molecule has 0 saturated carbocycles. The largest absolute Gasteiger partial charge is 0.456 e. The van der Waals surface area contributed by atoms with Crippen LogP contribution in [0.1, 0.15) is 23.3 Å². The highest BCUT2D eigenvalue weighted by Crippen LogP contribution is 2.44. The molecular weight excluding hydrogens is 544 g/mol. The van der Waals surface area contributed by atoms with Crippen LogP contribution in [-0.2, 0) is 6.42 Å². The summed E-state index contributed by atoms with van der Waals surface area (Å²) in [5, 5.41) is 9.08. The first-order valence-corrected chi connectivity index (χ1v) is 15.1. The maximum absolute atomic E-state index is 6.59. The third kappa shape index (κ3) is 3.41. The van der Waals surface area contributed by atoms with E-state index in [0.717, 1.165) is 103 Å². The Morgan fingerprint density at radius 1 is 0.568 bits per heavy atom. The predicted octanol–water partition coefficient (Wildman–Crippen LogP) is 11.1. The summed E-state index contributed by atoms with van der Waals surface area (Å²) in [4.78, 5) is 2.28. The molecule has 0 unspecified atom stereocenters. The van der Waals surface area contributed by atoms with Crippen molar-refractivity contribution in [1.29, 1.82) is 0 Å². The highest BCUT2D eigenvalue weighted by atomic mass is 16.3. The number of hydrogen-bond acceptors (Lipinski definition) is 5. The number of rotatable bonds is 3. The molecule has 1 aliphatic heterocycles. The molecule has 0 spiro atoms. The molecule has 2 aliphatic rings. The van der Waals surface area contributed by atoms with E-state index in [9.17, 15) is 0 Å². The van der Waals surface area contributed by atoms with Crippen molar-refractivity contribution in [3.63, 3.8) is 0 Å². The van der Waals surface area contributed by atoms with Crippen molar-refractivity contribution >= 4 is 89.7 Å². The van der Waals surface area contributed by atoms with Gasteiger partial charge in [-0.05, 0) is 73.5 Å². The Hall–Kier alpha value is -5.68. The van der Waals surface area contributed by atoms with Gasteiger partial charge >= 0.3 is 0 Å². The number of para-hydroxylation sites is 1. The van der Waals surface area contributed by atoms with Crippen molar-refractivity contribution in [3.8, 4) is 0 Å². The highest BCUT2D eigenvalue weighted by molar-refractivity contribution is 6.12. The first-order valence-electron chi connectivity index (χ1n) is 15.1. The molecule has 44 heavy (non-hydrogen) atoms. The summed E-state index contributed by atoms with van der Waals surface area (Å²) in [5.74, 6) is 0.969. The Labute approximate surface area is 252 Å². The molecule has 1 N–H and O–H groups in total. The van der Waals surface area contributed by atoms with Crippen molar-refractivity contribution in [2.45, 2.75) is 12.8 Å². The molecular formula is C39H26N2O3. The average molecular weight is 571 g/mol. The zero-order valence-corrected chi connectivity index (χ0v) is 23.8. The minimum absolute atomic E-state index is 0.793. The van der Waals surface area contributed by atoms with E-state index in [1.807, 2.05) is 12.1 Å². The topological polar surface area (TPSA) is 54.7 Å². The van der Waals surface area contributed by atoms with Gasteiger partial charge in [-0.25, -0.2) is 0 Å². The molecule has 5 nitrogen and oxygen atoms in total. The molecule has 3 aromatic heterocycles. The number of aryl methyl sites for hydroxylation is 1. The number of nitrogens with zero attached hydrogens (tertiary/aromatic N) is 1. The van der Waals surface area contributed by atoms with E-state index in [1.165, 1.54) is 10.9 Å². The number of anilines is 4. The lowest BCUT2D eigenvalue weighted by molar-refractivity contribution is 0.595. The van der Waals surface area contributed by atoms with Crippen LogP contribution in [0.25, 0.3) is 67.0 Å². The first kappa shape index (κ1) is 23.8. The Morgan fingerprint density at radius 2 is 1.32 bits per heavy atom. The molecule has 210 valence electrons. The second kappa shape index (κ2) is 8.91. The van der Waals surface area contributed by atoms with Crippen molar-refractivity contribution in [2.24, 2.45) is 0 Å². The van der Waals surface area contributed by atoms with Crippen molar-refractivity contribution in [3.05, 3.63) is 120 Å². The smallest absolute Gasteiger partial charge is 0.159 e. The molecule has 10 rings (SSSR count). The molecule has 1 aliphatic carbocycles. The summed E-state index contributed by atoms with van der Waals surface area (Å²) >= 11 is 0. The minimum Gasteiger partial charge on any atom is -0.456 e. The summed E-state index contributed by atoms with van der Waals surface area (Å²) in [6.07, 6.45) is 10.6. The molecule has 5 heteroatoms. The van der Waals surface area contributed by atoms with E-state index in [0.29, 0.717) is 0 Å². The van der Waals surface area contributed by atoms with Gasteiger partial charge in [0.15, 0.2) is 5.58 Å². The lowest BCUT2D eigenvalue weighted by Crippen LogP contribution is -2.09. The van der Waals surface area contributed by atoms with Crippen molar-refractivity contribution < 1.29 is 13.3 Å². The summed E-state index contributed by atoms with van der Waals surface area (Å²) < 4.78 is 19.1. The predicted molar refractivity (Wildman–Crippen MR) is 180 cm³/mol. The van der Waals surface area contributed by atoms with E-state index in [-0.39, 0.29) is 0 Å². The second-order valence-electron chi connectivity index (χ2n) is 11.7. The van der Waals surface area contributed by atoms with Gasteiger partial charge in [0.1, 0.15) is 28.1 Å². The zero-order chi connectivity index (χ0) is 28.8. The van der Waals surface area contributed by atoms with Crippen LogP contribution in [0.5, 0.6) is 0 Å². The zero-order valence-electron chi connectivity index (χ0n) is 23.8. The van der Waals surface area contributed by atoms with E-state index >= 15 is 0 Å². The quantitative estimate of drug-likeness (QED) is 0.229. The Morgan fingerprint density at radius 3 is 2.25 bits per heavy atom. The third-order valence-electron chi connectivity index (χ3n) is 9.12. The average Bonchev–Trinajstić information content (AvgIpc) is 3.75. The Balaban J connectivity index is 1.20. The molecule has 5 aromatic carbocycles. The fraction of sp³-hybridized carbons (Fsp3) is 0.0769. The van der Waals surface area contributed by atoms with Gasteiger partial charge in [0, 0.05) is 73.8 Å². The minimum atomic E-state index is 0.793. The lowest BCUT2D eigenvalue weighted by atomic mass is 10.0. The maximum atomic E-state index is 6.59. The molecule has 8 aromatic rings. The number of hydrogen-bond donors (Lipinski definition) is 1. The summed E-state index contributed by atoms with van der Waals surface area (Å²) in [7, 11) is 0. The van der Waals surface area contributed by atoms with Gasteiger partial charge in [0.25, 0.3) is 0 Å². The van der Waals surface area contributed by atoms with Gasteiger partial charge in [-0.3, -0.25) is 0 Å². The van der Waals surface area contributed by atoms with Gasteiger partial charge in [-0.2, -0.15) is 0 Å². The van der Waals surface area contributed by atoms with E-state index in [2.05, 4.69) is 113 Å². The number of nitrogens with one attached hydrogen (secondary N) is 1. The molecule has 0 radical (unpaired) electrons. The van der Waals surface area contributed by atoms with Gasteiger partial charge in [-0.1, -0.05) is 42.5 Å². The van der Waals surface area contributed by atoms with Gasteiger partial charge < -0.3 is 23.5 Å². The van der Waals surface area contributed by atoms with Crippen LogP contribution in [-0.4, -0.2) is 6.54 Å². The van der Waals surface area contributed by atoms with Gasteiger partial charge in [0.2, 0.25) is 0 Å². The SMILES string of the molecule is C1=Cc2oc3cc(N(c4ccc5c(c4)oc4c6c(ccc45)C=CCN6)c4ccc5oc6ccccc6c5c4)ccc3c2CC1. The van der Waals surface area contributed by atoms with Crippen LogP contribution in [0.3, 0.4) is 0 Å². The summed E-state index contributed by atoms with van der Waals surface area (Å²) in [6, 6.07) is 32.0. The van der Waals surface area contributed by atoms with Gasteiger partial charge in [0.05, 0.1) is 5.69 Å². The third-order valence-corrected chi connectivity index (χ3v) is 9.12. The standard InChI is InChI=1S/C39H26N2O3/c1-3-9-33-27(7-1)29-16-12-25(21-36(29)43-33)41(24-14-18-35-32(20-24)28-8-2-4-10-34(28)42-35)26-13-17-30-31-15-11-23-6-5-19-40-38(23)39(31)44-37(30)22-26/h2-6,8-18,20-22,40H,1,7,19H2. The highest BCUT2D eigenvalue weighted by Gasteiger charge is 2.21. The van der Waals surface area contributed by atoms with Crippen LogP contribution in [0, 0.1) is 0 Å². The van der Waals surface area contributed by atoms with Crippen molar-refractivity contribution in [2.75, 3.05) is 16.8 Å². The molecule has 0 saturated heterocycles. The fourth-order valence-corrected chi connectivity index (χ4v) is 7.06. The van der Waals surface area contributed by atoms with E-state index < -0.39 is 0 Å². The molecule has 4 heterocycles. The Kier molecular flexibility index (Phi) is 4.83. The van der Waals surface area contributed by atoms with Crippen LogP contribution in [0.15, 0.2) is 116 Å². The molecule has 0 atom stereocenters. The number of benzene rings is 5. The van der Waals surface area contributed by atoms with Gasteiger partial charge in [-0.15, -0.1) is 0 Å². The second-order valence-corrected chi connectivity index (χ2v) is 11.7. The van der Waals surface area contributed by atoms with Crippen molar-refractivity contribution in [1.82, 2.24) is 0 Å². The molecule has 0 fully saturated rings. The summed E-state index contributed by atoms with van der Waals surface area (Å²) in [6.45, 7) is 0.793. The first-order chi connectivity index (χ1) is 21.8. The van der Waals surface area contributed by atoms with Crippen LogP contribution < -0.4 is 10.2 Å². The van der Waals surface area contributed by atoms with E-state index in [1.54, 1.807) is 0 Å². The number of allylic oxidation sites excluding steroid dienone is 1. The Bertz CT molecular complexity index is 2520. The van der Waals surface area contributed by atoms with Crippen LogP contribution >= 0.6 is 0 Å². The molecule has 0 amide bonds. The fourth-order valence-electron chi connectivity index (χ4n) is 7.06. The van der Waals surface area contributed by atoms with Crippen LogP contribution in [0.2, 0.25) is 0 Å². The number of fused-ring (bicyclic) bond motifs is 11. The maximum Gasteiger partial charge on any atom is 0.159 e. The van der Waals surface area contributed by atoms with E-state index in [4.69, 9.17) is 13.3 Å². The normalized spacial score (nSPS) is 14.1. The van der Waals surface area contributed by atoms with Crippen LogP contribution in [0.4, 0.5) is 22.7 Å². The molecule has 0 bridgehead atoms. The lowest BCUT2D eigenvalue weighted by Gasteiger charge is -2.25.